The van der Waals surface area contributed by atoms with Crippen molar-refractivity contribution in [2.45, 2.75) is 25.9 Å². The second-order valence-electron chi connectivity index (χ2n) is 5.76. The van der Waals surface area contributed by atoms with E-state index in [0.29, 0.717) is 24.0 Å². The zero-order chi connectivity index (χ0) is 18.0. The lowest BCUT2D eigenvalue weighted by Crippen LogP contribution is -2.28. The van der Waals surface area contributed by atoms with Crippen LogP contribution in [0.3, 0.4) is 0 Å². The number of carbonyl (C=O) groups is 1. The Balaban J connectivity index is 2.15. The van der Waals surface area contributed by atoms with Crippen molar-refractivity contribution < 1.29 is 23.8 Å². The summed E-state index contributed by atoms with van der Waals surface area (Å²) >= 11 is 0. The molecule has 1 N–H and O–H groups in total. The summed E-state index contributed by atoms with van der Waals surface area (Å²) in [5.41, 5.74) is 1.73. The third-order valence-electron chi connectivity index (χ3n) is 4.05. The third-order valence-corrected chi connectivity index (χ3v) is 4.41. The number of benzene rings is 1. The molecular weight excluding hydrogens is 344 g/mol. The molecule has 2 unspecified atom stereocenters. The maximum atomic E-state index is 14.5. The van der Waals surface area contributed by atoms with Gasteiger partial charge in [-0.05, 0) is 42.8 Å². The highest BCUT2D eigenvalue weighted by atomic mass is 31.0. The van der Waals surface area contributed by atoms with Gasteiger partial charge >= 0.3 is 5.97 Å². The molecule has 0 spiro atoms. The molecule has 0 fully saturated rings. The fourth-order valence-corrected chi connectivity index (χ4v) is 3.08. The highest BCUT2D eigenvalue weighted by Gasteiger charge is 2.27. The quantitative estimate of drug-likeness (QED) is 0.667. The second kappa shape index (κ2) is 7.46. The lowest BCUT2D eigenvalue weighted by atomic mass is 9.94. The number of hydrogen-bond donors (Lipinski definition) is 1. The van der Waals surface area contributed by atoms with Crippen LogP contribution in [0.1, 0.15) is 29.4 Å². The van der Waals surface area contributed by atoms with Crippen LogP contribution in [0.4, 0.5) is 4.39 Å². The first-order valence-corrected chi connectivity index (χ1v) is 8.65. The average molecular weight is 363 g/mol. The number of nitrogens with zero attached hydrogens (tertiary/aromatic N) is 1. The van der Waals surface area contributed by atoms with E-state index in [1.54, 1.807) is 25.1 Å². The number of halogens is 1. The van der Waals surface area contributed by atoms with E-state index in [-0.39, 0.29) is 36.7 Å². The van der Waals surface area contributed by atoms with Crippen molar-refractivity contribution in [2.75, 3.05) is 13.2 Å². The molecule has 0 saturated heterocycles. The first-order valence-electron chi connectivity index (χ1n) is 8.07. The predicted molar refractivity (Wildman–Crippen MR) is 94.8 cm³/mol. The number of aromatic nitrogens is 1. The van der Waals surface area contributed by atoms with Crippen molar-refractivity contribution in [1.82, 2.24) is 4.98 Å². The zero-order valence-corrected chi connectivity index (χ0v) is 14.9. The van der Waals surface area contributed by atoms with E-state index < -0.39 is 5.97 Å². The number of pyridine rings is 1. The van der Waals surface area contributed by atoms with Crippen LogP contribution in [0.25, 0.3) is 11.1 Å². The molecule has 1 aliphatic rings. The van der Waals surface area contributed by atoms with Crippen LogP contribution in [0.15, 0.2) is 24.3 Å². The molecule has 2 heterocycles. The van der Waals surface area contributed by atoms with Crippen molar-refractivity contribution in [3.8, 4) is 17.0 Å². The molecule has 0 aliphatic carbocycles. The fourth-order valence-electron chi connectivity index (χ4n) is 2.84. The largest absolute Gasteiger partial charge is 0.472 e. The Labute approximate surface area is 147 Å². The van der Waals surface area contributed by atoms with Crippen LogP contribution >= 0.6 is 9.24 Å². The second-order valence-corrected chi connectivity index (χ2v) is 6.43. The molecule has 3 rings (SSSR count). The number of carbonyl (C=O) groups excluding carboxylic acids is 1. The minimum absolute atomic E-state index is 0.0588. The maximum absolute atomic E-state index is 14.5. The normalized spacial score (nSPS) is 16.1. The van der Waals surface area contributed by atoms with Gasteiger partial charge in [-0.25, -0.2) is 14.2 Å². The summed E-state index contributed by atoms with van der Waals surface area (Å²) in [6.45, 7) is 1.77. The molecule has 0 bridgehead atoms. The van der Waals surface area contributed by atoms with Crippen LogP contribution < -0.4 is 10.0 Å². The Hall–Kier alpha value is -2.04. The summed E-state index contributed by atoms with van der Waals surface area (Å²) in [6.07, 6.45) is 0.790. The molecule has 132 valence electrons. The number of fused-ring (bicyclic) bond motifs is 1. The summed E-state index contributed by atoms with van der Waals surface area (Å²) in [4.78, 5) is 16.3. The minimum Gasteiger partial charge on any atom is -0.472 e. The van der Waals surface area contributed by atoms with Gasteiger partial charge in [0.25, 0.3) is 0 Å². The molecule has 1 aliphatic heterocycles. The van der Waals surface area contributed by atoms with Crippen LogP contribution in [0.2, 0.25) is 0 Å². The molecule has 0 amide bonds. The average Bonchev–Trinajstić information content (AvgIpc) is 2.60. The molecule has 5 nitrogen and oxygen atoms in total. The molecular formula is C18H19FNO4P. The predicted octanol–water partition coefficient (Wildman–Crippen LogP) is 2.25. The highest BCUT2D eigenvalue weighted by Crippen LogP contribution is 2.36. The smallest absolute Gasteiger partial charge is 0.357 e. The Bertz CT molecular complexity index is 812. The van der Waals surface area contributed by atoms with Gasteiger partial charge in [-0.15, -0.1) is 9.24 Å². The lowest BCUT2D eigenvalue weighted by molar-refractivity contribution is 0.0514. The summed E-state index contributed by atoms with van der Waals surface area (Å²) < 4.78 is 25.2. The standard InChI is InChI=1S/C18H19FNO4P/c1-2-23-18(22)16-8-14(12-6-4-11(25)7-15(12)19)13-5-3-10(9-21)24-17(13)20-16/h4,6-8,10,21H,2-3,5,9,25H2,1H3. The van der Waals surface area contributed by atoms with Crippen LogP contribution in [0, 0.1) is 5.82 Å². The van der Waals surface area contributed by atoms with Crippen molar-refractivity contribution in [3.05, 3.63) is 41.3 Å². The van der Waals surface area contributed by atoms with E-state index in [9.17, 15) is 14.3 Å². The molecule has 2 atom stereocenters. The van der Waals surface area contributed by atoms with Gasteiger partial charge in [0.2, 0.25) is 5.88 Å². The van der Waals surface area contributed by atoms with Crippen molar-refractivity contribution in [2.24, 2.45) is 0 Å². The van der Waals surface area contributed by atoms with Crippen molar-refractivity contribution in [3.63, 3.8) is 0 Å². The first kappa shape index (κ1) is 17.8. The van der Waals surface area contributed by atoms with Crippen LogP contribution in [0.5, 0.6) is 5.88 Å². The monoisotopic (exact) mass is 363 g/mol. The first-order chi connectivity index (χ1) is 12.0. The Morgan fingerprint density at radius 3 is 2.92 bits per heavy atom. The highest BCUT2D eigenvalue weighted by molar-refractivity contribution is 7.27. The van der Waals surface area contributed by atoms with E-state index >= 15 is 0 Å². The van der Waals surface area contributed by atoms with Crippen molar-refractivity contribution >= 4 is 20.5 Å². The molecule has 25 heavy (non-hydrogen) atoms. The van der Waals surface area contributed by atoms with E-state index in [1.165, 1.54) is 6.07 Å². The summed E-state index contributed by atoms with van der Waals surface area (Å²) in [7, 11) is 2.45. The summed E-state index contributed by atoms with van der Waals surface area (Å²) in [5, 5.41) is 10.1. The van der Waals surface area contributed by atoms with E-state index in [4.69, 9.17) is 9.47 Å². The SMILES string of the molecule is CCOC(=O)c1cc(-c2ccc(P)cc2F)c2c(n1)OC(CO)CC2. The van der Waals surface area contributed by atoms with Gasteiger partial charge in [-0.2, -0.15) is 0 Å². The minimum atomic E-state index is -0.593. The topological polar surface area (TPSA) is 68.7 Å². The summed E-state index contributed by atoms with van der Waals surface area (Å²) in [6, 6.07) is 6.40. The van der Waals surface area contributed by atoms with E-state index in [0.717, 1.165) is 10.9 Å². The van der Waals surface area contributed by atoms with Gasteiger partial charge in [0.1, 0.15) is 11.9 Å². The number of aliphatic hydroxyl groups is 1. The zero-order valence-electron chi connectivity index (χ0n) is 13.8. The Kier molecular flexibility index (Phi) is 5.30. The lowest BCUT2D eigenvalue weighted by Gasteiger charge is -2.26. The van der Waals surface area contributed by atoms with Gasteiger partial charge in [0.05, 0.1) is 13.2 Å². The molecule has 0 saturated carbocycles. The van der Waals surface area contributed by atoms with Crippen LogP contribution in [-0.4, -0.2) is 35.4 Å². The van der Waals surface area contributed by atoms with Gasteiger partial charge in [-0.3, -0.25) is 0 Å². The van der Waals surface area contributed by atoms with Gasteiger partial charge in [0.15, 0.2) is 5.69 Å². The van der Waals surface area contributed by atoms with Crippen LogP contribution in [-0.2, 0) is 11.2 Å². The van der Waals surface area contributed by atoms with Crippen molar-refractivity contribution in [1.29, 1.82) is 0 Å². The van der Waals surface area contributed by atoms with Gasteiger partial charge in [0, 0.05) is 11.1 Å². The van der Waals surface area contributed by atoms with E-state index in [1.807, 2.05) is 0 Å². The Morgan fingerprint density at radius 2 is 2.24 bits per heavy atom. The molecule has 2 aromatic rings. The van der Waals surface area contributed by atoms with Gasteiger partial charge in [-0.1, -0.05) is 12.1 Å². The number of rotatable bonds is 4. The van der Waals surface area contributed by atoms with E-state index in [2.05, 4.69) is 14.2 Å². The summed E-state index contributed by atoms with van der Waals surface area (Å²) in [5.74, 6) is -0.732. The molecule has 1 aromatic heterocycles. The number of hydrogen-bond acceptors (Lipinski definition) is 5. The third kappa shape index (κ3) is 3.65. The molecule has 0 radical (unpaired) electrons. The number of esters is 1. The van der Waals surface area contributed by atoms with Gasteiger partial charge < -0.3 is 14.6 Å². The fraction of sp³-hybridized carbons (Fsp3) is 0.333. The number of ether oxygens (including phenoxy) is 2. The molecule has 7 heteroatoms. The maximum Gasteiger partial charge on any atom is 0.357 e. The number of aliphatic hydroxyl groups excluding tert-OH is 1. The molecule has 1 aromatic carbocycles. The Morgan fingerprint density at radius 1 is 1.44 bits per heavy atom.